The molecule has 1 aromatic heterocycles. The minimum atomic E-state index is 0.962. The molecule has 17 heavy (non-hydrogen) atoms. The molecule has 1 N–H and O–H groups in total. The SMILES string of the molecule is Cc1sc(CNCCc2ccccc2)cc1Br. The van der Waals surface area contributed by atoms with Crippen LogP contribution in [0.5, 0.6) is 0 Å². The Bertz CT molecular complexity index is 445. The quantitative estimate of drug-likeness (QED) is 0.818. The van der Waals surface area contributed by atoms with Gasteiger partial charge in [-0.25, -0.2) is 0 Å². The van der Waals surface area contributed by atoms with Gasteiger partial charge in [-0.05, 0) is 47.4 Å². The first-order valence-electron chi connectivity index (χ1n) is 5.75. The topological polar surface area (TPSA) is 12.0 Å². The third kappa shape index (κ3) is 3.95. The number of aryl methyl sites for hydroxylation is 1. The fourth-order valence-electron chi connectivity index (χ4n) is 1.69. The van der Waals surface area contributed by atoms with Crippen LogP contribution in [0, 0.1) is 6.92 Å². The van der Waals surface area contributed by atoms with Crippen LogP contribution in [0.2, 0.25) is 0 Å². The molecule has 2 aromatic rings. The van der Waals surface area contributed by atoms with Gasteiger partial charge in [-0.1, -0.05) is 30.3 Å². The van der Waals surface area contributed by atoms with Gasteiger partial charge in [-0.15, -0.1) is 11.3 Å². The van der Waals surface area contributed by atoms with E-state index in [-0.39, 0.29) is 0 Å². The van der Waals surface area contributed by atoms with E-state index in [0.717, 1.165) is 19.5 Å². The fourth-order valence-corrected chi connectivity index (χ4v) is 3.27. The van der Waals surface area contributed by atoms with Crippen molar-refractivity contribution in [2.24, 2.45) is 0 Å². The Kier molecular flexibility index (Phi) is 4.77. The van der Waals surface area contributed by atoms with Crippen molar-refractivity contribution in [2.75, 3.05) is 6.54 Å². The summed E-state index contributed by atoms with van der Waals surface area (Å²) in [6, 6.07) is 12.8. The molecule has 0 spiro atoms. The molecular formula is C14H16BrNS. The highest BCUT2D eigenvalue weighted by atomic mass is 79.9. The lowest BCUT2D eigenvalue weighted by Crippen LogP contribution is -2.15. The molecule has 2 rings (SSSR count). The Labute approximate surface area is 115 Å². The molecule has 90 valence electrons. The van der Waals surface area contributed by atoms with Crippen LogP contribution in [-0.4, -0.2) is 6.54 Å². The van der Waals surface area contributed by atoms with E-state index >= 15 is 0 Å². The van der Waals surface area contributed by atoms with Gasteiger partial charge in [0, 0.05) is 20.8 Å². The summed E-state index contributed by atoms with van der Waals surface area (Å²) in [6.45, 7) is 4.13. The molecule has 0 atom stereocenters. The van der Waals surface area contributed by atoms with Gasteiger partial charge in [0.2, 0.25) is 0 Å². The Morgan fingerprint density at radius 1 is 1.24 bits per heavy atom. The van der Waals surface area contributed by atoms with Crippen LogP contribution >= 0.6 is 27.3 Å². The summed E-state index contributed by atoms with van der Waals surface area (Å²) < 4.78 is 1.22. The van der Waals surface area contributed by atoms with E-state index in [0.29, 0.717) is 0 Å². The van der Waals surface area contributed by atoms with Gasteiger partial charge < -0.3 is 5.32 Å². The molecule has 0 aliphatic rings. The van der Waals surface area contributed by atoms with Crippen molar-refractivity contribution in [2.45, 2.75) is 19.9 Å². The number of nitrogens with one attached hydrogen (secondary N) is 1. The van der Waals surface area contributed by atoms with Gasteiger partial charge in [-0.3, -0.25) is 0 Å². The first-order chi connectivity index (χ1) is 8.25. The summed E-state index contributed by atoms with van der Waals surface area (Å²) in [6.07, 6.45) is 1.09. The molecular weight excluding hydrogens is 294 g/mol. The second-order valence-corrected chi connectivity index (χ2v) is 6.22. The van der Waals surface area contributed by atoms with Crippen molar-refractivity contribution in [1.82, 2.24) is 5.32 Å². The normalized spacial score (nSPS) is 10.7. The Hall–Kier alpha value is -0.640. The third-order valence-corrected chi connectivity index (χ3v) is 4.78. The van der Waals surface area contributed by atoms with Gasteiger partial charge in [0.25, 0.3) is 0 Å². The lowest BCUT2D eigenvalue weighted by atomic mass is 10.1. The van der Waals surface area contributed by atoms with E-state index in [1.165, 1.54) is 19.8 Å². The first-order valence-corrected chi connectivity index (χ1v) is 7.36. The van der Waals surface area contributed by atoms with Crippen LogP contribution in [0.1, 0.15) is 15.3 Å². The second-order valence-electron chi connectivity index (χ2n) is 4.03. The maximum absolute atomic E-state index is 3.54. The average Bonchev–Trinajstić information content (AvgIpc) is 2.66. The fraction of sp³-hybridized carbons (Fsp3) is 0.286. The van der Waals surface area contributed by atoms with Crippen molar-refractivity contribution in [3.05, 3.63) is 56.2 Å². The molecule has 0 radical (unpaired) electrons. The first kappa shape index (κ1) is 12.8. The maximum Gasteiger partial charge on any atom is 0.0314 e. The largest absolute Gasteiger partial charge is 0.312 e. The van der Waals surface area contributed by atoms with Crippen LogP contribution in [0.4, 0.5) is 0 Å². The van der Waals surface area contributed by atoms with E-state index in [1.807, 2.05) is 11.3 Å². The Morgan fingerprint density at radius 3 is 2.65 bits per heavy atom. The van der Waals surface area contributed by atoms with E-state index in [1.54, 1.807) is 0 Å². The van der Waals surface area contributed by atoms with Gasteiger partial charge in [0.05, 0.1) is 0 Å². The maximum atomic E-state index is 3.54. The van der Waals surface area contributed by atoms with Gasteiger partial charge in [0.15, 0.2) is 0 Å². The summed E-state index contributed by atoms with van der Waals surface area (Å²) in [5.74, 6) is 0. The Morgan fingerprint density at radius 2 is 2.00 bits per heavy atom. The summed E-state index contributed by atoms with van der Waals surface area (Å²) in [5.41, 5.74) is 1.39. The highest BCUT2D eigenvalue weighted by molar-refractivity contribution is 9.10. The van der Waals surface area contributed by atoms with Crippen LogP contribution < -0.4 is 5.32 Å². The van der Waals surface area contributed by atoms with E-state index in [2.05, 4.69) is 64.6 Å². The lowest BCUT2D eigenvalue weighted by molar-refractivity contribution is 0.693. The molecule has 0 fully saturated rings. The minimum Gasteiger partial charge on any atom is -0.312 e. The summed E-state index contributed by atoms with van der Waals surface area (Å²) >= 11 is 5.40. The molecule has 0 saturated heterocycles. The van der Waals surface area contributed by atoms with Crippen molar-refractivity contribution in [1.29, 1.82) is 0 Å². The van der Waals surface area contributed by atoms with Crippen molar-refractivity contribution < 1.29 is 0 Å². The van der Waals surface area contributed by atoms with Crippen LogP contribution in [0.15, 0.2) is 40.9 Å². The molecule has 1 heterocycles. The number of thiophene rings is 1. The van der Waals surface area contributed by atoms with Crippen LogP contribution in [0.3, 0.4) is 0 Å². The lowest BCUT2D eigenvalue weighted by Gasteiger charge is -2.03. The van der Waals surface area contributed by atoms with Crippen LogP contribution in [0.25, 0.3) is 0 Å². The number of rotatable bonds is 5. The Balaban J connectivity index is 1.73. The molecule has 1 aromatic carbocycles. The van der Waals surface area contributed by atoms with E-state index in [9.17, 15) is 0 Å². The minimum absolute atomic E-state index is 0.962. The molecule has 0 aliphatic heterocycles. The summed E-state index contributed by atoms with van der Waals surface area (Å²) in [4.78, 5) is 2.74. The predicted molar refractivity (Wildman–Crippen MR) is 78.6 cm³/mol. The second kappa shape index (κ2) is 6.34. The third-order valence-electron chi connectivity index (χ3n) is 2.64. The highest BCUT2D eigenvalue weighted by Gasteiger charge is 2.01. The molecule has 3 heteroatoms. The molecule has 0 amide bonds. The molecule has 0 bridgehead atoms. The van der Waals surface area contributed by atoms with Crippen molar-refractivity contribution in [3.63, 3.8) is 0 Å². The number of benzene rings is 1. The summed E-state index contributed by atoms with van der Waals surface area (Å²) in [5, 5.41) is 3.48. The van der Waals surface area contributed by atoms with Gasteiger partial charge in [-0.2, -0.15) is 0 Å². The average molecular weight is 310 g/mol. The number of hydrogen-bond donors (Lipinski definition) is 1. The number of halogens is 1. The zero-order valence-corrected chi connectivity index (χ0v) is 12.3. The van der Waals surface area contributed by atoms with Crippen LogP contribution in [-0.2, 0) is 13.0 Å². The van der Waals surface area contributed by atoms with Crippen molar-refractivity contribution >= 4 is 27.3 Å². The summed E-state index contributed by atoms with van der Waals surface area (Å²) in [7, 11) is 0. The zero-order valence-electron chi connectivity index (χ0n) is 9.87. The standard InChI is InChI=1S/C14H16BrNS/c1-11-14(15)9-13(17-11)10-16-8-7-12-5-3-2-4-6-12/h2-6,9,16H,7-8,10H2,1H3. The van der Waals surface area contributed by atoms with Gasteiger partial charge in [0.1, 0.15) is 0 Å². The van der Waals surface area contributed by atoms with Gasteiger partial charge >= 0.3 is 0 Å². The zero-order chi connectivity index (χ0) is 12.1. The monoisotopic (exact) mass is 309 g/mol. The molecule has 1 nitrogen and oxygen atoms in total. The molecule has 0 aliphatic carbocycles. The predicted octanol–water partition coefficient (Wildman–Crippen LogP) is 4.15. The molecule has 0 saturated carbocycles. The number of hydrogen-bond acceptors (Lipinski definition) is 2. The van der Waals surface area contributed by atoms with Crippen molar-refractivity contribution in [3.8, 4) is 0 Å². The van der Waals surface area contributed by atoms with E-state index < -0.39 is 0 Å². The smallest absolute Gasteiger partial charge is 0.0314 e. The van der Waals surface area contributed by atoms with E-state index in [4.69, 9.17) is 0 Å². The highest BCUT2D eigenvalue weighted by Crippen LogP contribution is 2.25. The molecule has 0 unspecified atom stereocenters.